The molecule has 1 aliphatic rings. The highest BCUT2D eigenvalue weighted by Crippen LogP contribution is 2.38. The van der Waals surface area contributed by atoms with Crippen molar-refractivity contribution in [2.75, 3.05) is 18.4 Å². The van der Waals surface area contributed by atoms with Gasteiger partial charge in [0, 0.05) is 11.6 Å². The molecule has 8 heteroatoms. The lowest BCUT2D eigenvalue weighted by molar-refractivity contribution is -0.120. The Hall–Kier alpha value is -0.920. The quantitative estimate of drug-likeness (QED) is 0.837. The summed E-state index contributed by atoms with van der Waals surface area (Å²) in [6.45, 7) is 0.261. The summed E-state index contributed by atoms with van der Waals surface area (Å²) in [5.41, 5.74) is 0.124. The van der Waals surface area contributed by atoms with Crippen molar-refractivity contribution in [3.63, 3.8) is 0 Å². The lowest BCUT2D eigenvalue weighted by atomic mass is 9.97. The molecule has 2 rings (SSSR count). The van der Waals surface area contributed by atoms with Gasteiger partial charge in [-0.3, -0.25) is 4.79 Å². The molecule has 21 heavy (non-hydrogen) atoms. The molecule has 1 amide bonds. The van der Waals surface area contributed by atoms with Gasteiger partial charge in [-0.05, 0) is 40.5 Å². The van der Waals surface area contributed by atoms with Crippen LogP contribution in [0.25, 0.3) is 0 Å². The maximum Gasteiger partial charge on any atom is 0.387 e. The zero-order valence-electron chi connectivity index (χ0n) is 11.1. The normalized spacial score (nSPS) is 21.6. The highest BCUT2D eigenvalue weighted by Gasteiger charge is 2.30. The minimum absolute atomic E-state index is 0.124. The largest absolute Gasteiger partial charge is 0.431 e. The SMILES string of the molecule is CC1CNCC1C(=O)Nc1cc(Cl)cc(Br)c1OC(F)F. The van der Waals surface area contributed by atoms with Gasteiger partial charge in [-0.1, -0.05) is 18.5 Å². The molecule has 2 N–H and O–H groups in total. The van der Waals surface area contributed by atoms with E-state index in [0.717, 1.165) is 6.54 Å². The first kappa shape index (κ1) is 16.5. The first-order chi connectivity index (χ1) is 9.88. The molecular formula is C13H14BrClF2N2O2. The minimum atomic E-state index is -3.00. The summed E-state index contributed by atoms with van der Waals surface area (Å²) in [5.74, 6) is -0.434. The van der Waals surface area contributed by atoms with Crippen LogP contribution < -0.4 is 15.4 Å². The van der Waals surface area contributed by atoms with Crippen LogP contribution in [0.3, 0.4) is 0 Å². The van der Waals surface area contributed by atoms with E-state index < -0.39 is 6.61 Å². The number of alkyl halides is 2. The van der Waals surface area contributed by atoms with Gasteiger partial charge in [0.1, 0.15) is 0 Å². The van der Waals surface area contributed by atoms with Gasteiger partial charge in [0.15, 0.2) is 5.75 Å². The van der Waals surface area contributed by atoms with Gasteiger partial charge in [0.25, 0.3) is 0 Å². The van der Waals surface area contributed by atoms with E-state index in [1.54, 1.807) is 0 Å². The number of anilines is 1. The van der Waals surface area contributed by atoms with Crippen molar-refractivity contribution < 1.29 is 18.3 Å². The van der Waals surface area contributed by atoms with Gasteiger partial charge in [0.05, 0.1) is 16.1 Å². The molecule has 116 valence electrons. The average Bonchev–Trinajstić information content (AvgIpc) is 2.79. The predicted molar refractivity (Wildman–Crippen MR) is 79.9 cm³/mol. The highest BCUT2D eigenvalue weighted by molar-refractivity contribution is 9.10. The summed E-state index contributed by atoms with van der Waals surface area (Å²) in [6.07, 6.45) is 0. The van der Waals surface area contributed by atoms with Gasteiger partial charge in [-0.15, -0.1) is 0 Å². The van der Waals surface area contributed by atoms with E-state index in [0.29, 0.717) is 11.6 Å². The van der Waals surface area contributed by atoms with Crippen LogP contribution in [0.4, 0.5) is 14.5 Å². The molecule has 1 fully saturated rings. The maximum absolute atomic E-state index is 12.5. The Morgan fingerprint density at radius 3 is 2.81 bits per heavy atom. The zero-order chi connectivity index (χ0) is 15.6. The number of ether oxygens (including phenoxy) is 1. The third-order valence-corrected chi connectivity index (χ3v) is 4.13. The van der Waals surface area contributed by atoms with Crippen LogP contribution in [0.1, 0.15) is 6.92 Å². The molecule has 2 atom stereocenters. The van der Waals surface area contributed by atoms with E-state index in [4.69, 9.17) is 11.6 Å². The Morgan fingerprint density at radius 2 is 2.24 bits per heavy atom. The maximum atomic E-state index is 12.5. The van der Waals surface area contributed by atoms with Crippen LogP contribution in [0.5, 0.6) is 5.75 Å². The van der Waals surface area contributed by atoms with Crippen molar-refractivity contribution in [3.05, 3.63) is 21.6 Å². The molecule has 1 aromatic rings. The molecule has 0 radical (unpaired) electrons. The number of benzene rings is 1. The molecule has 1 aromatic carbocycles. The molecule has 0 spiro atoms. The second-order valence-electron chi connectivity index (χ2n) is 4.87. The fraction of sp³-hybridized carbons (Fsp3) is 0.462. The molecule has 1 saturated heterocycles. The number of nitrogens with one attached hydrogen (secondary N) is 2. The van der Waals surface area contributed by atoms with Crippen LogP contribution in [0.15, 0.2) is 16.6 Å². The minimum Gasteiger partial charge on any atom is -0.431 e. The summed E-state index contributed by atoms with van der Waals surface area (Å²) >= 11 is 9.00. The van der Waals surface area contributed by atoms with Gasteiger partial charge >= 0.3 is 6.61 Å². The van der Waals surface area contributed by atoms with Crippen molar-refractivity contribution >= 4 is 39.1 Å². The van der Waals surface area contributed by atoms with Crippen LogP contribution in [0, 0.1) is 11.8 Å². The third-order valence-electron chi connectivity index (χ3n) is 3.33. The van der Waals surface area contributed by atoms with Crippen molar-refractivity contribution in [1.82, 2.24) is 5.32 Å². The van der Waals surface area contributed by atoms with Crippen LogP contribution in [-0.2, 0) is 4.79 Å². The second kappa shape index (κ2) is 6.89. The second-order valence-corrected chi connectivity index (χ2v) is 6.16. The van der Waals surface area contributed by atoms with Gasteiger partial charge in [0.2, 0.25) is 5.91 Å². The number of rotatable bonds is 4. The summed E-state index contributed by atoms with van der Waals surface area (Å²) < 4.78 is 29.7. The van der Waals surface area contributed by atoms with E-state index in [1.807, 2.05) is 6.92 Å². The molecular weight excluding hydrogens is 370 g/mol. The van der Waals surface area contributed by atoms with Gasteiger partial charge in [-0.25, -0.2) is 0 Å². The lowest BCUT2D eigenvalue weighted by Crippen LogP contribution is -2.28. The van der Waals surface area contributed by atoms with Gasteiger partial charge in [-0.2, -0.15) is 8.78 Å². The van der Waals surface area contributed by atoms with E-state index in [1.165, 1.54) is 12.1 Å². The third kappa shape index (κ3) is 4.05. The molecule has 0 aromatic heterocycles. The van der Waals surface area contributed by atoms with Crippen LogP contribution in [-0.4, -0.2) is 25.6 Å². The fourth-order valence-electron chi connectivity index (χ4n) is 2.25. The summed E-state index contributed by atoms with van der Waals surface area (Å²) in [4.78, 5) is 12.2. The van der Waals surface area contributed by atoms with Gasteiger partial charge < -0.3 is 15.4 Å². The monoisotopic (exact) mass is 382 g/mol. The standard InChI is InChI=1S/C13H14BrClF2N2O2/c1-6-4-18-5-8(6)12(20)19-10-3-7(15)2-9(14)11(10)21-13(16)17/h2-3,6,8,13,18H,4-5H2,1H3,(H,19,20). The fourth-order valence-corrected chi connectivity index (χ4v) is 3.15. The lowest BCUT2D eigenvalue weighted by Gasteiger charge is -2.17. The summed E-state index contributed by atoms with van der Waals surface area (Å²) in [6, 6.07) is 2.81. The smallest absolute Gasteiger partial charge is 0.387 e. The molecule has 0 aliphatic carbocycles. The Kier molecular flexibility index (Phi) is 5.40. The summed E-state index contributed by atoms with van der Waals surface area (Å²) in [7, 11) is 0. The highest BCUT2D eigenvalue weighted by atomic mass is 79.9. The van der Waals surface area contributed by atoms with Crippen molar-refractivity contribution in [2.45, 2.75) is 13.5 Å². The number of carbonyl (C=O) groups excluding carboxylic acids is 1. The predicted octanol–water partition coefficient (Wildman–Crippen LogP) is 3.50. The van der Waals surface area contributed by atoms with Crippen LogP contribution >= 0.6 is 27.5 Å². The molecule has 1 heterocycles. The topological polar surface area (TPSA) is 50.4 Å². The molecule has 1 aliphatic heterocycles. The number of hydrogen-bond donors (Lipinski definition) is 2. The van der Waals surface area contributed by atoms with E-state index in [2.05, 4.69) is 31.3 Å². The number of carbonyl (C=O) groups is 1. The van der Waals surface area contributed by atoms with Crippen LogP contribution in [0.2, 0.25) is 5.02 Å². The molecule has 0 bridgehead atoms. The van der Waals surface area contributed by atoms with E-state index in [-0.39, 0.29) is 33.7 Å². The Morgan fingerprint density at radius 1 is 1.52 bits per heavy atom. The Labute approximate surface area is 134 Å². The van der Waals surface area contributed by atoms with E-state index in [9.17, 15) is 13.6 Å². The average molecular weight is 384 g/mol. The van der Waals surface area contributed by atoms with Crippen molar-refractivity contribution in [2.24, 2.45) is 11.8 Å². The van der Waals surface area contributed by atoms with Crippen molar-refractivity contribution in [3.8, 4) is 5.75 Å². The summed E-state index contributed by atoms with van der Waals surface area (Å²) in [5, 5.41) is 6.03. The Balaban J connectivity index is 2.23. The zero-order valence-corrected chi connectivity index (χ0v) is 13.5. The number of halogens is 4. The number of hydrogen-bond acceptors (Lipinski definition) is 3. The number of amides is 1. The Bertz CT molecular complexity index is 545. The molecule has 4 nitrogen and oxygen atoms in total. The molecule has 2 unspecified atom stereocenters. The first-order valence-corrected chi connectivity index (χ1v) is 7.51. The van der Waals surface area contributed by atoms with Crippen molar-refractivity contribution in [1.29, 1.82) is 0 Å². The first-order valence-electron chi connectivity index (χ1n) is 6.34. The molecule has 0 saturated carbocycles. The van der Waals surface area contributed by atoms with E-state index >= 15 is 0 Å².